The van der Waals surface area contributed by atoms with Crippen molar-refractivity contribution in [2.24, 2.45) is 0 Å². The molecule has 0 spiro atoms. The molecule has 1 unspecified atom stereocenters. The van der Waals surface area contributed by atoms with Crippen LogP contribution in [0.1, 0.15) is 19.4 Å². The van der Waals surface area contributed by atoms with Crippen LogP contribution in [0, 0.1) is 0 Å². The lowest BCUT2D eigenvalue weighted by Crippen LogP contribution is -2.51. The number of likely N-dealkylation sites (N-methyl/N-ethyl adjacent to an activating group) is 1. The first kappa shape index (κ1) is 31.1. The zero-order chi connectivity index (χ0) is 29.4. The molecule has 0 saturated heterocycles. The van der Waals surface area contributed by atoms with Crippen molar-refractivity contribution in [1.82, 2.24) is 10.2 Å². The summed E-state index contributed by atoms with van der Waals surface area (Å²) in [5, 5.41) is 3.43. The van der Waals surface area contributed by atoms with E-state index in [0.29, 0.717) is 27.9 Å². The first-order valence-electron chi connectivity index (χ1n) is 12.3. The van der Waals surface area contributed by atoms with Crippen LogP contribution in [-0.2, 0) is 26.2 Å². The molecule has 0 heterocycles. The van der Waals surface area contributed by atoms with E-state index in [1.165, 1.54) is 49.5 Å². The molecule has 9 nitrogen and oxygen atoms in total. The maximum absolute atomic E-state index is 14.0. The molecule has 214 valence electrons. The molecule has 0 fully saturated rings. The van der Waals surface area contributed by atoms with E-state index >= 15 is 0 Å². The first-order valence-corrected chi connectivity index (χ1v) is 14.5. The second-order valence-corrected chi connectivity index (χ2v) is 11.4. The predicted octanol–water partition coefficient (Wildman–Crippen LogP) is 4.76. The summed E-state index contributed by atoms with van der Waals surface area (Å²) in [5.74, 6) is -0.312. The zero-order valence-electron chi connectivity index (χ0n) is 22.6. The molecule has 1 atom stereocenters. The lowest BCUT2D eigenvalue weighted by Gasteiger charge is -2.32. The van der Waals surface area contributed by atoms with Crippen LogP contribution in [0.25, 0.3) is 0 Å². The molecule has 0 radical (unpaired) electrons. The number of anilines is 1. The molecule has 0 aromatic heterocycles. The lowest BCUT2D eigenvalue weighted by atomic mass is 10.1. The second-order valence-electron chi connectivity index (χ2n) is 8.69. The molecule has 0 aliphatic rings. The van der Waals surface area contributed by atoms with Gasteiger partial charge >= 0.3 is 0 Å². The van der Waals surface area contributed by atoms with E-state index in [1.807, 2.05) is 0 Å². The van der Waals surface area contributed by atoms with Crippen molar-refractivity contribution in [3.63, 3.8) is 0 Å². The quantitative estimate of drug-likeness (QED) is 0.318. The van der Waals surface area contributed by atoms with Gasteiger partial charge in [-0.15, -0.1) is 0 Å². The fourth-order valence-electron chi connectivity index (χ4n) is 3.96. The monoisotopic (exact) mass is 607 g/mol. The Morgan fingerprint density at radius 2 is 1.65 bits per heavy atom. The SMILES string of the molecule is CCNC(=O)C(C)N(Cc1ccc(Cl)cc1Cl)C(=O)CN(c1ccccc1OC)S(=O)(=O)c1ccc(OC)cc1. The third-order valence-electron chi connectivity index (χ3n) is 6.15. The average Bonchev–Trinajstić information content (AvgIpc) is 2.95. The van der Waals surface area contributed by atoms with Crippen molar-refractivity contribution in [3.05, 3.63) is 82.3 Å². The van der Waals surface area contributed by atoms with Crippen LogP contribution in [0.15, 0.2) is 71.6 Å². The van der Waals surface area contributed by atoms with Crippen molar-refractivity contribution in [2.45, 2.75) is 31.3 Å². The van der Waals surface area contributed by atoms with E-state index in [-0.39, 0.29) is 22.9 Å². The number of ether oxygens (including phenoxy) is 2. The standard InChI is InChI=1S/C28H31Cl2N3O6S/c1-5-31-28(35)19(2)32(17-20-10-11-21(29)16-24(20)30)27(34)18-33(25-8-6-7-9-26(25)39-4)40(36,37)23-14-12-22(38-3)13-15-23/h6-16,19H,5,17-18H2,1-4H3,(H,31,35). The van der Waals surface area contributed by atoms with Gasteiger partial charge in [0.2, 0.25) is 11.8 Å². The van der Waals surface area contributed by atoms with E-state index in [2.05, 4.69) is 5.32 Å². The Bertz CT molecular complexity index is 1450. The Morgan fingerprint density at radius 3 is 2.25 bits per heavy atom. The van der Waals surface area contributed by atoms with E-state index in [0.717, 1.165) is 4.31 Å². The summed E-state index contributed by atoms with van der Waals surface area (Å²) in [5.41, 5.74) is 0.696. The Labute approximate surface area is 244 Å². The van der Waals surface area contributed by atoms with Crippen LogP contribution in [-0.4, -0.2) is 58.5 Å². The van der Waals surface area contributed by atoms with Crippen molar-refractivity contribution >= 4 is 50.7 Å². The molecular formula is C28H31Cl2N3O6S. The highest BCUT2D eigenvalue weighted by Crippen LogP contribution is 2.33. The van der Waals surface area contributed by atoms with Crippen LogP contribution < -0.4 is 19.1 Å². The molecule has 2 amide bonds. The van der Waals surface area contributed by atoms with Gasteiger partial charge < -0.3 is 19.7 Å². The lowest BCUT2D eigenvalue weighted by molar-refractivity contribution is -0.139. The molecule has 12 heteroatoms. The van der Waals surface area contributed by atoms with Gasteiger partial charge in [-0.3, -0.25) is 13.9 Å². The minimum Gasteiger partial charge on any atom is -0.497 e. The van der Waals surface area contributed by atoms with Gasteiger partial charge in [0.25, 0.3) is 10.0 Å². The normalized spacial score (nSPS) is 11.8. The number of halogens is 2. The van der Waals surface area contributed by atoms with E-state index in [9.17, 15) is 18.0 Å². The number of rotatable bonds is 12. The highest BCUT2D eigenvalue weighted by atomic mass is 35.5. The molecule has 0 bridgehead atoms. The summed E-state index contributed by atoms with van der Waals surface area (Å²) in [6, 6.07) is 16.2. The smallest absolute Gasteiger partial charge is 0.264 e. The van der Waals surface area contributed by atoms with E-state index in [1.54, 1.807) is 50.2 Å². The van der Waals surface area contributed by atoms with Crippen LogP contribution >= 0.6 is 23.2 Å². The largest absolute Gasteiger partial charge is 0.497 e. The predicted molar refractivity (Wildman–Crippen MR) is 156 cm³/mol. The second kappa shape index (κ2) is 13.7. The summed E-state index contributed by atoms with van der Waals surface area (Å²) in [4.78, 5) is 28.0. The highest BCUT2D eigenvalue weighted by Gasteiger charge is 2.34. The molecule has 40 heavy (non-hydrogen) atoms. The van der Waals surface area contributed by atoms with Crippen molar-refractivity contribution in [3.8, 4) is 11.5 Å². The number of sulfonamides is 1. The van der Waals surface area contributed by atoms with Crippen LogP contribution in [0.4, 0.5) is 5.69 Å². The number of carbonyl (C=O) groups is 2. The van der Waals surface area contributed by atoms with E-state index < -0.39 is 34.4 Å². The fourth-order valence-corrected chi connectivity index (χ4v) is 5.85. The van der Waals surface area contributed by atoms with Crippen molar-refractivity contribution < 1.29 is 27.5 Å². The molecule has 0 saturated carbocycles. The average molecular weight is 609 g/mol. The van der Waals surface area contributed by atoms with Gasteiger partial charge in [0.15, 0.2) is 0 Å². The van der Waals surface area contributed by atoms with Gasteiger partial charge in [0.05, 0.1) is 24.8 Å². The molecule has 3 aromatic carbocycles. The van der Waals surface area contributed by atoms with Gasteiger partial charge in [-0.1, -0.05) is 41.4 Å². The van der Waals surface area contributed by atoms with Crippen LogP contribution in [0.2, 0.25) is 10.0 Å². The maximum atomic E-state index is 14.0. The van der Waals surface area contributed by atoms with Crippen molar-refractivity contribution in [1.29, 1.82) is 0 Å². The maximum Gasteiger partial charge on any atom is 0.264 e. The van der Waals surface area contributed by atoms with Gasteiger partial charge in [0, 0.05) is 23.1 Å². The number of hydrogen-bond donors (Lipinski definition) is 1. The molecule has 1 N–H and O–H groups in total. The Hall–Kier alpha value is -3.47. The summed E-state index contributed by atoms with van der Waals surface area (Å²) in [6.45, 7) is 3.00. The number of methoxy groups -OCH3 is 2. The summed E-state index contributed by atoms with van der Waals surface area (Å²) in [7, 11) is -1.40. The Balaban J connectivity index is 2.09. The van der Waals surface area contributed by atoms with Gasteiger partial charge in [-0.2, -0.15) is 0 Å². The Kier molecular flexibility index (Phi) is 10.7. The van der Waals surface area contributed by atoms with Gasteiger partial charge in [-0.25, -0.2) is 8.42 Å². The summed E-state index contributed by atoms with van der Waals surface area (Å²) >= 11 is 12.4. The first-order chi connectivity index (χ1) is 19.0. The number of nitrogens with zero attached hydrogens (tertiary/aromatic N) is 2. The van der Waals surface area contributed by atoms with Crippen LogP contribution in [0.3, 0.4) is 0 Å². The van der Waals surface area contributed by atoms with E-state index in [4.69, 9.17) is 32.7 Å². The highest BCUT2D eigenvalue weighted by molar-refractivity contribution is 7.92. The zero-order valence-corrected chi connectivity index (χ0v) is 24.9. The molecule has 3 rings (SSSR count). The third-order valence-corrected chi connectivity index (χ3v) is 8.52. The number of benzene rings is 3. The van der Waals surface area contributed by atoms with Crippen molar-refractivity contribution in [2.75, 3.05) is 31.6 Å². The molecular weight excluding hydrogens is 577 g/mol. The fraction of sp³-hybridized carbons (Fsp3) is 0.286. The Morgan fingerprint density at radius 1 is 0.975 bits per heavy atom. The molecule has 0 aliphatic heterocycles. The number of nitrogens with one attached hydrogen (secondary N) is 1. The van der Waals surface area contributed by atoms with Gasteiger partial charge in [0.1, 0.15) is 24.1 Å². The number of amides is 2. The van der Waals surface area contributed by atoms with Crippen LogP contribution in [0.5, 0.6) is 11.5 Å². The third kappa shape index (κ3) is 7.18. The minimum atomic E-state index is -4.28. The van der Waals surface area contributed by atoms with Gasteiger partial charge in [-0.05, 0) is 67.9 Å². The molecule has 3 aromatic rings. The number of hydrogen-bond acceptors (Lipinski definition) is 6. The summed E-state index contributed by atoms with van der Waals surface area (Å²) < 4.78 is 39.5. The topological polar surface area (TPSA) is 105 Å². The number of carbonyl (C=O) groups excluding carboxylic acids is 2. The summed E-state index contributed by atoms with van der Waals surface area (Å²) in [6.07, 6.45) is 0. The molecule has 0 aliphatic carbocycles. The number of para-hydroxylation sites is 2. The minimum absolute atomic E-state index is 0.0592.